The second kappa shape index (κ2) is 9.96. The monoisotopic (exact) mass is 350 g/mol. The van der Waals surface area contributed by atoms with Crippen molar-refractivity contribution in [3.05, 3.63) is 84.7 Å². The fourth-order valence-electron chi connectivity index (χ4n) is 2.61. The summed E-state index contributed by atoms with van der Waals surface area (Å²) in [6.07, 6.45) is 6.89. The van der Waals surface area contributed by atoms with Crippen LogP contribution in [0.4, 0.5) is 0 Å². The zero-order chi connectivity index (χ0) is 18.1. The molecule has 2 aromatic carbocycles. The van der Waals surface area contributed by atoms with E-state index in [-0.39, 0.29) is 6.04 Å². The maximum atomic E-state index is 4.65. The van der Waals surface area contributed by atoms with E-state index in [2.05, 4.69) is 85.2 Å². The standard InChI is InChI=1S/C22H27N2P/c1-5-12-22(17-19(2)23-18-24(3)4)25(20-13-8-6-9-14-20)21-15-10-7-11-16-21/h5-16,18-19H,1,17H2,2-4H3/b22-12+,23-18?/t19-/m1/s1. The fraction of sp³-hybridized carbons (Fsp3) is 0.227. The Bertz CT molecular complexity index is 666. The lowest BCUT2D eigenvalue weighted by Crippen LogP contribution is -2.16. The molecule has 2 rings (SSSR count). The highest BCUT2D eigenvalue weighted by Crippen LogP contribution is 2.45. The van der Waals surface area contributed by atoms with Gasteiger partial charge in [0.05, 0.1) is 12.4 Å². The summed E-state index contributed by atoms with van der Waals surface area (Å²) in [5.41, 5.74) is 0. The Labute approximate surface area is 153 Å². The summed E-state index contributed by atoms with van der Waals surface area (Å²) >= 11 is 0. The first-order valence-corrected chi connectivity index (χ1v) is 9.87. The minimum absolute atomic E-state index is 0.228. The molecular formula is C22H27N2P. The van der Waals surface area contributed by atoms with Crippen molar-refractivity contribution in [1.29, 1.82) is 0 Å². The van der Waals surface area contributed by atoms with E-state index in [4.69, 9.17) is 0 Å². The Morgan fingerprint density at radius 3 is 2.00 bits per heavy atom. The second-order valence-corrected chi connectivity index (χ2v) is 8.46. The highest BCUT2D eigenvalue weighted by Gasteiger charge is 2.19. The lowest BCUT2D eigenvalue weighted by Gasteiger charge is -2.23. The first kappa shape index (κ1) is 19.1. The maximum absolute atomic E-state index is 4.65. The molecule has 1 atom stereocenters. The van der Waals surface area contributed by atoms with Crippen molar-refractivity contribution in [2.24, 2.45) is 4.99 Å². The van der Waals surface area contributed by atoms with Gasteiger partial charge < -0.3 is 4.90 Å². The highest BCUT2D eigenvalue weighted by molar-refractivity contribution is 7.76. The highest BCUT2D eigenvalue weighted by atomic mass is 31.1. The summed E-state index contributed by atoms with van der Waals surface area (Å²) < 4.78 is 0. The van der Waals surface area contributed by atoms with Crippen LogP contribution in [-0.4, -0.2) is 31.4 Å². The zero-order valence-corrected chi connectivity index (χ0v) is 16.2. The van der Waals surface area contributed by atoms with Crippen LogP contribution in [0.5, 0.6) is 0 Å². The van der Waals surface area contributed by atoms with Gasteiger partial charge in [-0.3, -0.25) is 4.99 Å². The molecule has 2 aromatic rings. The van der Waals surface area contributed by atoms with Crippen LogP contribution in [-0.2, 0) is 0 Å². The number of benzene rings is 2. The second-order valence-electron chi connectivity index (χ2n) is 6.18. The van der Waals surface area contributed by atoms with Gasteiger partial charge in [0.15, 0.2) is 0 Å². The molecule has 0 unspecified atom stereocenters. The van der Waals surface area contributed by atoms with Crippen molar-refractivity contribution >= 4 is 24.9 Å². The van der Waals surface area contributed by atoms with E-state index >= 15 is 0 Å². The van der Waals surface area contributed by atoms with E-state index in [1.807, 2.05) is 31.4 Å². The van der Waals surface area contributed by atoms with Crippen molar-refractivity contribution < 1.29 is 0 Å². The summed E-state index contributed by atoms with van der Waals surface area (Å²) in [7, 11) is 3.42. The summed E-state index contributed by atoms with van der Waals surface area (Å²) in [4.78, 5) is 6.63. The van der Waals surface area contributed by atoms with Gasteiger partial charge in [0, 0.05) is 14.1 Å². The molecule has 0 amide bonds. The Kier molecular flexibility index (Phi) is 7.63. The lowest BCUT2D eigenvalue weighted by atomic mass is 10.2. The van der Waals surface area contributed by atoms with E-state index < -0.39 is 7.92 Å². The van der Waals surface area contributed by atoms with Crippen molar-refractivity contribution in [3.8, 4) is 0 Å². The molecule has 0 radical (unpaired) electrons. The van der Waals surface area contributed by atoms with Gasteiger partial charge >= 0.3 is 0 Å². The number of aliphatic imine (C=N–C) groups is 1. The van der Waals surface area contributed by atoms with E-state index in [0.717, 1.165) is 6.42 Å². The van der Waals surface area contributed by atoms with E-state index in [0.29, 0.717) is 0 Å². The average molecular weight is 350 g/mol. The molecule has 0 saturated heterocycles. The number of hydrogen-bond donors (Lipinski definition) is 0. The zero-order valence-electron chi connectivity index (χ0n) is 15.3. The molecule has 0 aromatic heterocycles. The van der Waals surface area contributed by atoms with Gasteiger partial charge in [-0.15, -0.1) is 0 Å². The Balaban J connectivity index is 2.38. The van der Waals surface area contributed by atoms with Crippen LogP contribution in [0.2, 0.25) is 0 Å². The minimum atomic E-state index is -0.576. The molecule has 0 aliphatic rings. The third-order valence-electron chi connectivity index (χ3n) is 3.68. The molecule has 0 saturated carbocycles. The summed E-state index contributed by atoms with van der Waals surface area (Å²) in [6.45, 7) is 6.11. The summed E-state index contributed by atoms with van der Waals surface area (Å²) in [5, 5.41) is 4.12. The molecule has 0 aliphatic carbocycles. The van der Waals surface area contributed by atoms with Gasteiger partial charge in [0.1, 0.15) is 0 Å². The molecule has 25 heavy (non-hydrogen) atoms. The van der Waals surface area contributed by atoms with Crippen LogP contribution in [0.1, 0.15) is 13.3 Å². The lowest BCUT2D eigenvalue weighted by molar-refractivity contribution is 0.626. The Hall–Kier alpha value is -2.18. The quantitative estimate of drug-likeness (QED) is 0.295. The summed E-state index contributed by atoms with van der Waals surface area (Å²) in [6, 6.07) is 21.7. The van der Waals surface area contributed by atoms with Crippen LogP contribution in [0, 0.1) is 0 Å². The number of nitrogens with zero attached hydrogens (tertiary/aromatic N) is 2. The smallest absolute Gasteiger partial charge is 0.0848 e. The average Bonchev–Trinajstić information content (AvgIpc) is 2.62. The molecule has 0 bridgehead atoms. The predicted octanol–water partition coefficient (Wildman–Crippen LogP) is 4.56. The Morgan fingerprint density at radius 2 is 1.56 bits per heavy atom. The van der Waals surface area contributed by atoms with Crippen molar-refractivity contribution in [2.45, 2.75) is 19.4 Å². The molecule has 2 nitrogen and oxygen atoms in total. The van der Waals surface area contributed by atoms with Gasteiger partial charge in [-0.1, -0.05) is 79.4 Å². The minimum Gasteiger partial charge on any atom is -0.369 e. The van der Waals surface area contributed by atoms with Gasteiger partial charge in [-0.25, -0.2) is 0 Å². The van der Waals surface area contributed by atoms with E-state index in [1.165, 1.54) is 15.9 Å². The molecule has 130 valence electrons. The molecule has 0 spiro atoms. The first-order chi connectivity index (χ1) is 12.1. The number of hydrogen-bond acceptors (Lipinski definition) is 1. The van der Waals surface area contributed by atoms with E-state index in [9.17, 15) is 0 Å². The third kappa shape index (κ3) is 5.99. The maximum Gasteiger partial charge on any atom is 0.0848 e. The van der Waals surface area contributed by atoms with Gasteiger partial charge in [-0.05, 0) is 37.2 Å². The van der Waals surface area contributed by atoms with Crippen LogP contribution < -0.4 is 10.6 Å². The normalized spacial score (nSPS) is 13.2. The number of allylic oxidation sites excluding steroid dienone is 2. The predicted molar refractivity (Wildman–Crippen MR) is 114 cm³/mol. The molecule has 0 fully saturated rings. The van der Waals surface area contributed by atoms with Gasteiger partial charge in [0.2, 0.25) is 0 Å². The largest absolute Gasteiger partial charge is 0.369 e. The van der Waals surface area contributed by atoms with E-state index in [1.54, 1.807) is 0 Å². The van der Waals surface area contributed by atoms with Crippen LogP contribution in [0.25, 0.3) is 0 Å². The van der Waals surface area contributed by atoms with Crippen molar-refractivity contribution in [2.75, 3.05) is 14.1 Å². The van der Waals surface area contributed by atoms with Crippen LogP contribution in [0.3, 0.4) is 0 Å². The third-order valence-corrected chi connectivity index (χ3v) is 6.22. The fourth-order valence-corrected chi connectivity index (χ4v) is 5.21. The van der Waals surface area contributed by atoms with Crippen LogP contribution in [0.15, 0.2) is 89.7 Å². The molecular weight excluding hydrogens is 323 g/mol. The molecule has 0 aliphatic heterocycles. The summed E-state index contributed by atoms with van der Waals surface area (Å²) in [5.74, 6) is 0. The van der Waals surface area contributed by atoms with Crippen LogP contribution >= 0.6 is 7.92 Å². The first-order valence-electron chi connectivity index (χ1n) is 8.53. The SMILES string of the molecule is C=C/C=C(\C[C@@H](C)N=CN(C)C)P(c1ccccc1)c1ccccc1. The van der Waals surface area contributed by atoms with Gasteiger partial charge in [-0.2, -0.15) is 0 Å². The van der Waals surface area contributed by atoms with Crippen molar-refractivity contribution in [3.63, 3.8) is 0 Å². The van der Waals surface area contributed by atoms with Crippen molar-refractivity contribution in [1.82, 2.24) is 4.90 Å². The number of rotatable bonds is 8. The molecule has 3 heteroatoms. The molecule has 0 heterocycles. The van der Waals surface area contributed by atoms with Gasteiger partial charge in [0.25, 0.3) is 0 Å². The topological polar surface area (TPSA) is 15.6 Å². The Morgan fingerprint density at radius 1 is 1.04 bits per heavy atom. The molecule has 0 N–H and O–H groups in total.